The van der Waals surface area contributed by atoms with Gasteiger partial charge in [0.05, 0.1) is 0 Å². The van der Waals surface area contributed by atoms with E-state index in [1.165, 1.54) is 0 Å². The highest BCUT2D eigenvalue weighted by molar-refractivity contribution is 5.92. The monoisotopic (exact) mass is 169 g/mol. The molecule has 1 amide bonds. The Morgan fingerprint density at radius 1 is 1.50 bits per heavy atom. The van der Waals surface area contributed by atoms with Gasteiger partial charge in [-0.15, -0.1) is 0 Å². The second-order valence-electron chi connectivity index (χ2n) is 3.00. The molecule has 0 fully saturated rings. The van der Waals surface area contributed by atoms with E-state index in [-0.39, 0.29) is 5.91 Å². The largest absolute Gasteiger partial charge is 0.355 e. The zero-order valence-electron chi connectivity index (χ0n) is 8.31. The number of likely N-dealkylation sites (N-methyl/N-ethyl adjacent to an activating group) is 1. The maximum atomic E-state index is 11.2. The molecule has 0 saturated heterocycles. The van der Waals surface area contributed by atoms with Crippen LogP contribution in [-0.4, -0.2) is 13.0 Å². The van der Waals surface area contributed by atoms with Crippen molar-refractivity contribution in [2.75, 3.05) is 7.05 Å². The summed E-state index contributed by atoms with van der Waals surface area (Å²) in [7, 11) is 1.65. The van der Waals surface area contributed by atoms with Crippen LogP contribution in [0.2, 0.25) is 0 Å². The van der Waals surface area contributed by atoms with Crippen LogP contribution in [0.1, 0.15) is 33.1 Å². The summed E-state index contributed by atoms with van der Waals surface area (Å²) in [6, 6.07) is 0. The molecule has 1 N–H and O–H groups in total. The van der Waals surface area contributed by atoms with Crippen LogP contribution < -0.4 is 5.32 Å². The molecule has 12 heavy (non-hydrogen) atoms. The fraction of sp³-hybridized carbons (Fsp3) is 0.700. The van der Waals surface area contributed by atoms with Crippen molar-refractivity contribution in [3.05, 3.63) is 12.2 Å². The van der Waals surface area contributed by atoms with E-state index in [1.54, 1.807) is 7.05 Å². The van der Waals surface area contributed by atoms with Crippen LogP contribution in [0.25, 0.3) is 0 Å². The molecule has 2 heteroatoms. The second-order valence-corrected chi connectivity index (χ2v) is 3.00. The standard InChI is InChI=1S/C10H19NO/c1-5-7-9(6-2)8(3)10(12)11-4/h9H,3,5-7H2,1-2,4H3,(H,11,12). The number of hydrogen-bond donors (Lipinski definition) is 1. The lowest BCUT2D eigenvalue weighted by Crippen LogP contribution is -2.23. The van der Waals surface area contributed by atoms with Crippen molar-refractivity contribution in [2.24, 2.45) is 5.92 Å². The predicted molar refractivity (Wildman–Crippen MR) is 51.9 cm³/mol. The van der Waals surface area contributed by atoms with Crippen LogP contribution in [-0.2, 0) is 4.79 Å². The topological polar surface area (TPSA) is 29.1 Å². The van der Waals surface area contributed by atoms with E-state index in [2.05, 4.69) is 25.7 Å². The van der Waals surface area contributed by atoms with Crippen molar-refractivity contribution in [2.45, 2.75) is 33.1 Å². The predicted octanol–water partition coefficient (Wildman–Crippen LogP) is 2.11. The van der Waals surface area contributed by atoms with Crippen LogP contribution in [0.3, 0.4) is 0 Å². The third-order valence-corrected chi connectivity index (χ3v) is 2.14. The van der Waals surface area contributed by atoms with E-state index >= 15 is 0 Å². The Hall–Kier alpha value is -0.790. The molecule has 0 spiro atoms. The zero-order valence-corrected chi connectivity index (χ0v) is 8.31. The SMILES string of the molecule is C=C(C(=O)NC)C(CC)CCC. The minimum Gasteiger partial charge on any atom is -0.355 e. The molecular weight excluding hydrogens is 150 g/mol. The Morgan fingerprint density at radius 3 is 2.42 bits per heavy atom. The lowest BCUT2D eigenvalue weighted by Gasteiger charge is -2.15. The van der Waals surface area contributed by atoms with Crippen LogP contribution in [0.5, 0.6) is 0 Å². The number of hydrogen-bond acceptors (Lipinski definition) is 1. The van der Waals surface area contributed by atoms with Gasteiger partial charge in [0, 0.05) is 12.6 Å². The van der Waals surface area contributed by atoms with Gasteiger partial charge in [-0.1, -0.05) is 26.8 Å². The minimum absolute atomic E-state index is 0.0182. The molecular formula is C10H19NO. The van der Waals surface area contributed by atoms with Crippen LogP contribution in [0.15, 0.2) is 12.2 Å². The summed E-state index contributed by atoms with van der Waals surface area (Å²) in [4.78, 5) is 11.2. The molecule has 1 unspecified atom stereocenters. The number of rotatable bonds is 5. The summed E-state index contributed by atoms with van der Waals surface area (Å²) in [5.41, 5.74) is 0.724. The first-order valence-corrected chi connectivity index (χ1v) is 4.58. The van der Waals surface area contributed by atoms with Gasteiger partial charge in [0.1, 0.15) is 0 Å². The molecule has 0 rings (SSSR count). The summed E-state index contributed by atoms with van der Waals surface area (Å²) < 4.78 is 0. The van der Waals surface area contributed by atoms with Gasteiger partial charge in [-0.3, -0.25) is 4.79 Å². The normalized spacial score (nSPS) is 12.2. The van der Waals surface area contributed by atoms with Crippen molar-refractivity contribution in [1.82, 2.24) is 5.32 Å². The first kappa shape index (κ1) is 11.2. The molecule has 1 atom stereocenters. The zero-order chi connectivity index (χ0) is 9.56. The number of carbonyl (C=O) groups is 1. The maximum absolute atomic E-state index is 11.2. The van der Waals surface area contributed by atoms with Crippen molar-refractivity contribution in [3.63, 3.8) is 0 Å². The van der Waals surface area contributed by atoms with Gasteiger partial charge in [-0.2, -0.15) is 0 Å². The molecule has 0 aliphatic rings. The Bertz CT molecular complexity index is 163. The maximum Gasteiger partial charge on any atom is 0.246 e. The first-order valence-electron chi connectivity index (χ1n) is 4.58. The second kappa shape index (κ2) is 5.81. The van der Waals surface area contributed by atoms with Gasteiger partial charge in [0.2, 0.25) is 5.91 Å². The summed E-state index contributed by atoms with van der Waals surface area (Å²) in [5, 5.41) is 2.60. The fourth-order valence-electron chi connectivity index (χ4n) is 1.32. The molecule has 0 aliphatic carbocycles. The third-order valence-electron chi connectivity index (χ3n) is 2.14. The molecule has 0 saturated carbocycles. The highest BCUT2D eigenvalue weighted by Gasteiger charge is 2.14. The van der Waals surface area contributed by atoms with Crippen molar-refractivity contribution in [1.29, 1.82) is 0 Å². The Balaban J connectivity index is 4.11. The van der Waals surface area contributed by atoms with E-state index in [4.69, 9.17) is 0 Å². The van der Waals surface area contributed by atoms with Crippen LogP contribution >= 0.6 is 0 Å². The van der Waals surface area contributed by atoms with Gasteiger partial charge in [-0.25, -0.2) is 0 Å². The van der Waals surface area contributed by atoms with Crippen molar-refractivity contribution < 1.29 is 4.79 Å². The van der Waals surface area contributed by atoms with E-state index in [9.17, 15) is 4.79 Å². The summed E-state index contributed by atoms with van der Waals surface area (Å²) in [6.45, 7) is 8.02. The summed E-state index contributed by atoms with van der Waals surface area (Å²) >= 11 is 0. The average molecular weight is 169 g/mol. The number of carbonyl (C=O) groups excluding carboxylic acids is 1. The lowest BCUT2D eigenvalue weighted by atomic mass is 9.92. The molecule has 0 radical (unpaired) electrons. The molecule has 0 aliphatic heterocycles. The lowest BCUT2D eigenvalue weighted by molar-refractivity contribution is -0.117. The van der Waals surface area contributed by atoms with E-state index in [0.717, 1.165) is 24.8 Å². The Labute approximate surface area is 75.0 Å². The van der Waals surface area contributed by atoms with Crippen molar-refractivity contribution >= 4 is 5.91 Å². The Kier molecular flexibility index (Phi) is 5.43. The molecule has 0 heterocycles. The fourth-order valence-corrected chi connectivity index (χ4v) is 1.32. The molecule has 0 aromatic rings. The van der Waals surface area contributed by atoms with Gasteiger partial charge in [0.15, 0.2) is 0 Å². The van der Waals surface area contributed by atoms with Crippen molar-refractivity contribution in [3.8, 4) is 0 Å². The van der Waals surface area contributed by atoms with E-state index in [1.807, 2.05) is 0 Å². The molecule has 70 valence electrons. The van der Waals surface area contributed by atoms with Crippen LogP contribution in [0.4, 0.5) is 0 Å². The van der Waals surface area contributed by atoms with Crippen LogP contribution in [0, 0.1) is 5.92 Å². The van der Waals surface area contributed by atoms with E-state index < -0.39 is 0 Å². The van der Waals surface area contributed by atoms with Gasteiger partial charge in [-0.05, 0) is 18.8 Å². The average Bonchev–Trinajstić information content (AvgIpc) is 2.11. The smallest absolute Gasteiger partial charge is 0.246 e. The number of nitrogens with one attached hydrogen (secondary N) is 1. The molecule has 0 bridgehead atoms. The summed E-state index contributed by atoms with van der Waals surface area (Å²) in [5.74, 6) is 0.338. The third kappa shape index (κ3) is 3.07. The quantitative estimate of drug-likeness (QED) is 0.627. The van der Waals surface area contributed by atoms with Gasteiger partial charge < -0.3 is 5.32 Å². The number of amides is 1. The Morgan fingerprint density at radius 2 is 2.08 bits per heavy atom. The molecule has 0 aromatic heterocycles. The summed E-state index contributed by atoms with van der Waals surface area (Å²) in [6.07, 6.45) is 3.16. The van der Waals surface area contributed by atoms with Gasteiger partial charge >= 0.3 is 0 Å². The highest BCUT2D eigenvalue weighted by Crippen LogP contribution is 2.18. The highest BCUT2D eigenvalue weighted by atomic mass is 16.1. The molecule has 0 aromatic carbocycles. The first-order chi connectivity index (χ1) is 5.67. The van der Waals surface area contributed by atoms with Gasteiger partial charge in [0.25, 0.3) is 0 Å². The van der Waals surface area contributed by atoms with E-state index in [0.29, 0.717) is 5.92 Å². The minimum atomic E-state index is -0.0182. The molecule has 2 nitrogen and oxygen atoms in total.